The van der Waals surface area contributed by atoms with Crippen LogP contribution in [0.15, 0.2) is 59.1 Å². The molecule has 0 aromatic heterocycles. The number of halogens is 1. The van der Waals surface area contributed by atoms with Gasteiger partial charge in [0.1, 0.15) is 0 Å². The summed E-state index contributed by atoms with van der Waals surface area (Å²) in [5.74, 6) is 0.269. The van der Waals surface area contributed by atoms with Gasteiger partial charge in [-0.15, -0.1) is 0 Å². The maximum absolute atomic E-state index is 12.4. The number of carbonyl (C=O) groups excluding carboxylic acids is 1. The van der Waals surface area contributed by atoms with Crippen molar-refractivity contribution < 1.29 is 4.79 Å². The molecule has 1 heterocycles. The number of piperazine rings is 1. The highest BCUT2D eigenvalue weighted by Crippen LogP contribution is 2.18. The van der Waals surface area contributed by atoms with Gasteiger partial charge < -0.3 is 4.90 Å². The zero-order valence-electron chi connectivity index (χ0n) is 13.8. The van der Waals surface area contributed by atoms with Crippen molar-refractivity contribution in [1.29, 1.82) is 0 Å². The third-order valence-corrected chi connectivity index (χ3v) is 5.31. The lowest BCUT2D eigenvalue weighted by Crippen LogP contribution is -2.48. The summed E-state index contributed by atoms with van der Waals surface area (Å²) >= 11 is 3.55. The molecule has 2 aromatic carbocycles. The number of carbonyl (C=O) groups is 1. The van der Waals surface area contributed by atoms with Crippen molar-refractivity contribution in [2.75, 3.05) is 26.2 Å². The molecular formula is C20H23BrN2O. The molecule has 0 bridgehead atoms. The summed E-state index contributed by atoms with van der Waals surface area (Å²) in [5.41, 5.74) is 2.54. The Kier molecular flexibility index (Phi) is 6.05. The molecule has 0 unspecified atom stereocenters. The van der Waals surface area contributed by atoms with E-state index in [4.69, 9.17) is 0 Å². The quantitative estimate of drug-likeness (QED) is 0.781. The summed E-state index contributed by atoms with van der Waals surface area (Å²) in [5, 5.41) is 0. The van der Waals surface area contributed by atoms with E-state index in [2.05, 4.69) is 51.2 Å². The zero-order valence-corrected chi connectivity index (χ0v) is 15.4. The van der Waals surface area contributed by atoms with Gasteiger partial charge in [-0.25, -0.2) is 0 Å². The Labute approximate surface area is 152 Å². The number of aryl methyl sites for hydroxylation is 1. The molecule has 3 rings (SSSR count). The van der Waals surface area contributed by atoms with Crippen molar-refractivity contribution in [3.8, 4) is 0 Å². The first kappa shape index (κ1) is 17.2. The van der Waals surface area contributed by atoms with Gasteiger partial charge in [0.05, 0.1) is 0 Å². The maximum atomic E-state index is 12.4. The monoisotopic (exact) mass is 386 g/mol. The number of benzene rings is 2. The normalized spacial score (nSPS) is 15.5. The van der Waals surface area contributed by atoms with Crippen LogP contribution in [-0.4, -0.2) is 41.9 Å². The molecule has 2 aromatic rings. The van der Waals surface area contributed by atoms with Crippen molar-refractivity contribution in [1.82, 2.24) is 9.80 Å². The standard InChI is InChI=1S/C20H23BrN2O/c21-19-9-5-4-8-18(19)10-11-20(24)23-14-12-22(13-15-23)16-17-6-2-1-3-7-17/h1-9H,10-16H2. The minimum absolute atomic E-state index is 0.269. The molecule has 0 radical (unpaired) electrons. The van der Waals surface area contributed by atoms with Gasteiger partial charge in [-0.2, -0.15) is 0 Å². The Bertz CT molecular complexity index is 666. The summed E-state index contributed by atoms with van der Waals surface area (Å²) in [6.07, 6.45) is 1.38. The Morgan fingerprint density at radius 1 is 0.917 bits per heavy atom. The van der Waals surface area contributed by atoms with Gasteiger partial charge in [-0.1, -0.05) is 64.5 Å². The lowest BCUT2D eigenvalue weighted by molar-refractivity contribution is -0.133. The molecule has 3 nitrogen and oxygen atoms in total. The fourth-order valence-corrected chi connectivity index (χ4v) is 3.58. The zero-order chi connectivity index (χ0) is 16.8. The highest BCUT2D eigenvalue weighted by molar-refractivity contribution is 9.10. The van der Waals surface area contributed by atoms with Gasteiger partial charge in [0.2, 0.25) is 5.91 Å². The lowest BCUT2D eigenvalue weighted by Gasteiger charge is -2.34. The van der Waals surface area contributed by atoms with Gasteiger partial charge >= 0.3 is 0 Å². The van der Waals surface area contributed by atoms with Crippen molar-refractivity contribution in [3.05, 3.63) is 70.2 Å². The largest absolute Gasteiger partial charge is 0.340 e. The fraction of sp³-hybridized carbons (Fsp3) is 0.350. The van der Waals surface area contributed by atoms with Crippen LogP contribution in [0, 0.1) is 0 Å². The first-order chi connectivity index (χ1) is 11.7. The summed E-state index contributed by atoms with van der Waals surface area (Å²) in [7, 11) is 0. The fourth-order valence-electron chi connectivity index (χ4n) is 3.10. The van der Waals surface area contributed by atoms with E-state index in [0.717, 1.165) is 43.6 Å². The van der Waals surface area contributed by atoms with Crippen molar-refractivity contribution >= 4 is 21.8 Å². The van der Waals surface area contributed by atoms with E-state index in [9.17, 15) is 4.79 Å². The van der Waals surface area contributed by atoms with Crippen LogP contribution in [0.1, 0.15) is 17.5 Å². The highest BCUT2D eigenvalue weighted by atomic mass is 79.9. The Balaban J connectivity index is 1.44. The average Bonchev–Trinajstić information content (AvgIpc) is 2.62. The second-order valence-corrected chi connectivity index (χ2v) is 7.09. The summed E-state index contributed by atoms with van der Waals surface area (Å²) in [6, 6.07) is 18.7. The van der Waals surface area contributed by atoms with E-state index in [1.807, 2.05) is 29.2 Å². The summed E-state index contributed by atoms with van der Waals surface area (Å²) in [4.78, 5) is 16.9. The molecule has 126 valence electrons. The Hall–Kier alpha value is -1.65. The number of hydrogen-bond acceptors (Lipinski definition) is 2. The number of hydrogen-bond donors (Lipinski definition) is 0. The van der Waals surface area contributed by atoms with Crippen LogP contribution in [-0.2, 0) is 17.8 Å². The van der Waals surface area contributed by atoms with Gasteiger partial charge in [0.15, 0.2) is 0 Å². The first-order valence-electron chi connectivity index (χ1n) is 8.50. The van der Waals surface area contributed by atoms with E-state index in [0.29, 0.717) is 6.42 Å². The third kappa shape index (κ3) is 4.68. The molecule has 24 heavy (non-hydrogen) atoms. The van der Waals surface area contributed by atoms with Crippen LogP contribution in [0.5, 0.6) is 0 Å². The van der Waals surface area contributed by atoms with E-state index in [1.165, 1.54) is 11.1 Å². The van der Waals surface area contributed by atoms with Crippen LogP contribution in [0.3, 0.4) is 0 Å². The first-order valence-corrected chi connectivity index (χ1v) is 9.29. The predicted octanol–water partition coefficient (Wildman–Crippen LogP) is 3.73. The van der Waals surface area contributed by atoms with Crippen LogP contribution in [0.4, 0.5) is 0 Å². The minimum Gasteiger partial charge on any atom is -0.340 e. The molecule has 1 aliphatic heterocycles. The van der Waals surface area contributed by atoms with Gasteiger partial charge in [0.25, 0.3) is 0 Å². The molecule has 0 N–H and O–H groups in total. The molecule has 0 spiro atoms. The smallest absolute Gasteiger partial charge is 0.222 e. The summed E-state index contributed by atoms with van der Waals surface area (Å²) in [6.45, 7) is 4.55. The summed E-state index contributed by atoms with van der Waals surface area (Å²) < 4.78 is 1.09. The molecule has 0 atom stereocenters. The van der Waals surface area contributed by atoms with E-state index >= 15 is 0 Å². The number of nitrogens with zero attached hydrogens (tertiary/aromatic N) is 2. The van der Waals surface area contributed by atoms with E-state index < -0.39 is 0 Å². The molecule has 1 fully saturated rings. The van der Waals surface area contributed by atoms with Crippen LogP contribution in [0.25, 0.3) is 0 Å². The second-order valence-electron chi connectivity index (χ2n) is 6.23. The molecule has 1 saturated heterocycles. The molecule has 0 aliphatic carbocycles. The topological polar surface area (TPSA) is 23.6 Å². The molecule has 1 aliphatic rings. The van der Waals surface area contributed by atoms with Crippen LogP contribution >= 0.6 is 15.9 Å². The molecular weight excluding hydrogens is 364 g/mol. The molecule has 1 amide bonds. The number of rotatable bonds is 5. The lowest BCUT2D eigenvalue weighted by atomic mass is 10.1. The van der Waals surface area contributed by atoms with Crippen molar-refractivity contribution in [2.45, 2.75) is 19.4 Å². The highest BCUT2D eigenvalue weighted by Gasteiger charge is 2.20. The third-order valence-electron chi connectivity index (χ3n) is 4.54. The molecule has 4 heteroatoms. The van der Waals surface area contributed by atoms with E-state index in [-0.39, 0.29) is 5.91 Å². The Morgan fingerprint density at radius 2 is 1.58 bits per heavy atom. The van der Waals surface area contributed by atoms with Gasteiger partial charge in [-0.05, 0) is 23.6 Å². The maximum Gasteiger partial charge on any atom is 0.222 e. The van der Waals surface area contributed by atoms with Crippen LogP contribution < -0.4 is 0 Å². The number of amides is 1. The van der Waals surface area contributed by atoms with Gasteiger partial charge in [0, 0.05) is 43.6 Å². The average molecular weight is 387 g/mol. The second kappa shape index (κ2) is 8.45. The van der Waals surface area contributed by atoms with Crippen molar-refractivity contribution in [3.63, 3.8) is 0 Å². The minimum atomic E-state index is 0.269. The van der Waals surface area contributed by atoms with Gasteiger partial charge in [-0.3, -0.25) is 9.69 Å². The van der Waals surface area contributed by atoms with Crippen LogP contribution in [0.2, 0.25) is 0 Å². The SMILES string of the molecule is O=C(CCc1ccccc1Br)N1CCN(Cc2ccccc2)CC1. The Morgan fingerprint density at radius 3 is 2.29 bits per heavy atom. The molecule has 0 saturated carbocycles. The van der Waals surface area contributed by atoms with E-state index in [1.54, 1.807) is 0 Å². The predicted molar refractivity (Wildman–Crippen MR) is 101 cm³/mol. The van der Waals surface area contributed by atoms with Crippen molar-refractivity contribution in [2.24, 2.45) is 0 Å².